The van der Waals surface area contributed by atoms with E-state index >= 15 is 0 Å². The number of ketones is 1. The summed E-state index contributed by atoms with van der Waals surface area (Å²) in [6.45, 7) is 1.67. The third-order valence-corrected chi connectivity index (χ3v) is 6.88. The highest BCUT2D eigenvalue weighted by Crippen LogP contribution is 2.35. The molecular weight excluding hydrogens is 472 g/mol. The van der Waals surface area contributed by atoms with Crippen molar-refractivity contribution in [1.82, 2.24) is 15.0 Å². The lowest BCUT2D eigenvalue weighted by Gasteiger charge is -2.24. The molecule has 0 fully saturated rings. The number of hydrogen-bond acceptors (Lipinski definition) is 8. The van der Waals surface area contributed by atoms with Gasteiger partial charge in [0.2, 0.25) is 5.95 Å². The molecule has 3 heterocycles. The van der Waals surface area contributed by atoms with Crippen LogP contribution in [0.4, 0.5) is 5.95 Å². The summed E-state index contributed by atoms with van der Waals surface area (Å²) < 4.78 is 16.7. The number of pyridine rings is 1. The molecule has 1 aliphatic carbocycles. The van der Waals surface area contributed by atoms with Gasteiger partial charge in [0.1, 0.15) is 5.75 Å². The minimum Gasteiger partial charge on any atom is -0.497 e. The Hall–Kier alpha value is -4.40. The SMILES string of the molecule is COc1ccc(C2CC(=O)c3cnc4nc(NCc5ccc6c(c5)OCCCO6)[nH]c(=O)c4c3C2)cc1. The Balaban J connectivity index is 1.27. The third kappa shape index (κ3) is 4.48. The van der Waals surface area contributed by atoms with E-state index in [0.717, 1.165) is 29.0 Å². The van der Waals surface area contributed by atoms with Crippen LogP contribution in [0.25, 0.3) is 11.0 Å². The molecule has 1 unspecified atom stereocenters. The maximum absolute atomic E-state index is 13.2. The van der Waals surface area contributed by atoms with Crippen LogP contribution in [0.1, 0.15) is 45.8 Å². The van der Waals surface area contributed by atoms with Crippen molar-refractivity contribution in [3.63, 3.8) is 0 Å². The molecule has 4 aromatic rings. The van der Waals surface area contributed by atoms with Crippen LogP contribution in [0.3, 0.4) is 0 Å². The summed E-state index contributed by atoms with van der Waals surface area (Å²) in [5.74, 6) is 2.45. The largest absolute Gasteiger partial charge is 0.497 e. The van der Waals surface area contributed by atoms with E-state index in [4.69, 9.17) is 14.2 Å². The van der Waals surface area contributed by atoms with Crippen molar-refractivity contribution in [1.29, 1.82) is 0 Å². The predicted molar refractivity (Wildman–Crippen MR) is 138 cm³/mol. The summed E-state index contributed by atoms with van der Waals surface area (Å²) >= 11 is 0. The first kappa shape index (κ1) is 23.0. The standard InChI is InChI=1S/C28H26N4O5/c1-35-19-6-4-17(5-7-19)18-12-20-21(22(33)13-18)15-29-26-25(20)27(34)32-28(31-26)30-14-16-3-8-23-24(11-16)37-10-2-9-36-23/h3-8,11,15,18H,2,9-10,12-14H2,1H3,(H2,29,30,31,32,34). The van der Waals surface area contributed by atoms with Gasteiger partial charge in [-0.15, -0.1) is 0 Å². The number of benzene rings is 2. The molecule has 0 spiro atoms. The molecule has 6 rings (SSSR count). The number of nitrogens with zero attached hydrogens (tertiary/aromatic N) is 2. The van der Waals surface area contributed by atoms with E-state index in [1.807, 2.05) is 42.5 Å². The molecule has 0 saturated carbocycles. The Morgan fingerprint density at radius 1 is 1.05 bits per heavy atom. The number of aromatic amines is 1. The lowest BCUT2D eigenvalue weighted by Crippen LogP contribution is -2.23. The number of hydrogen-bond donors (Lipinski definition) is 2. The van der Waals surface area contributed by atoms with E-state index in [-0.39, 0.29) is 17.3 Å². The Morgan fingerprint density at radius 3 is 2.68 bits per heavy atom. The number of carbonyl (C=O) groups excluding carboxylic acids is 1. The number of ether oxygens (including phenoxy) is 3. The topological polar surface area (TPSA) is 115 Å². The monoisotopic (exact) mass is 498 g/mol. The number of fused-ring (bicyclic) bond motifs is 4. The number of nitrogens with one attached hydrogen (secondary N) is 2. The van der Waals surface area contributed by atoms with Crippen molar-refractivity contribution < 1.29 is 19.0 Å². The second-order valence-electron chi connectivity index (χ2n) is 9.25. The minimum absolute atomic E-state index is 0.0209. The van der Waals surface area contributed by atoms with Gasteiger partial charge in [-0.25, -0.2) is 4.98 Å². The van der Waals surface area contributed by atoms with E-state index in [1.165, 1.54) is 0 Å². The molecule has 0 radical (unpaired) electrons. The van der Waals surface area contributed by atoms with Crippen molar-refractivity contribution in [2.24, 2.45) is 0 Å². The highest BCUT2D eigenvalue weighted by atomic mass is 16.5. The zero-order chi connectivity index (χ0) is 25.4. The fourth-order valence-corrected chi connectivity index (χ4v) is 4.97. The summed E-state index contributed by atoms with van der Waals surface area (Å²) in [5.41, 5.74) is 3.18. The average molecular weight is 499 g/mol. The Bertz CT molecular complexity index is 1550. The highest BCUT2D eigenvalue weighted by molar-refractivity contribution is 6.02. The summed E-state index contributed by atoms with van der Waals surface area (Å²) in [5, 5.41) is 3.53. The van der Waals surface area contributed by atoms with Gasteiger partial charge in [-0.3, -0.25) is 14.6 Å². The third-order valence-electron chi connectivity index (χ3n) is 6.88. The maximum Gasteiger partial charge on any atom is 0.262 e. The minimum atomic E-state index is -0.321. The number of aromatic nitrogens is 3. The first-order chi connectivity index (χ1) is 18.1. The van der Waals surface area contributed by atoms with Gasteiger partial charge < -0.3 is 19.5 Å². The zero-order valence-electron chi connectivity index (χ0n) is 20.4. The van der Waals surface area contributed by atoms with Crippen LogP contribution in [0, 0.1) is 0 Å². The van der Waals surface area contributed by atoms with Gasteiger partial charge in [-0.1, -0.05) is 18.2 Å². The van der Waals surface area contributed by atoms with Crippen LogP contribution in [0.5, 0.6) is 17.2 Å². The van der Waals surface area contributed by atoms with Gasteiger partial charge in [0.05, 0.1) is 25.7 Å². The predicted octanol–water partition coefficient (Wildman–Crippen LogP) is 4.01. The number of carbonyl (C=O) groups is 1. The van der Waals surface area contributed by atoms with Crippen LogP contribution < -0.4 is 25.1 Å². The molecule has 188 valence electrons. The van der Waals surface area contributed by atoms with Crippen LogP contribution >= 0.6 is 0 Å². The van der Waals surface area contributed by atoms with Crippen molar-refractivity contribution in [2.45, 2.75) is 31.7 Å². The van der Waals surface area contributed by atoms with E-state index in [1.54, 1.807) is 13.3 Å². The molecule has 0 saturated heterocycles. The molecule has 1 aliphatic heterocycles. The summed E-state index contributed by atoms with van der Waals surface area (Å²) in [6, 6.07) is 13.5. The second kappa shape index (κ2) is 9.57. The number of rotatable bonds is 5. The molecule has 9 nitrogen and oxygen atoms in total. The lowest BCUT2D eigenvalue weighted by atomic mass is 9.79. The van der Waals surface area contributed by atoms with Crippen LogP contribution in [0.2, 0.25) is 0 Å². The normalized spacial score (nSPS) is 16.7. The van der Waals surface area contributed by atoms with Gasteiger partial charge in [-0.2, -0.15) is 4.98 Å². The van der Waals surface area contributed by atoms with Gasteiger partial charge in [0, 0.05) is 31.1 Å². The zero-order valence-corrected chi connectivity index (χ0v) is 20.4. The molecule has 2 aromatic carbocycles. The smallest absolute Gasteiger partial charge is 0.262 e. The van der Waals surface area contributed by atoms with Gasteiger partial charge in [0.25, 0.3) is 5.56 Å². The van der Waals surface area contributed by atoms with Gasteiger partial charge >= 0.3 is 0 Å². The number of Topliss-reactive ketones (excluding diaryl/α,β-unsaturated/α-hetero) is 1. The molecule has 2 aliphatic rings. The fourth-order valence-electron chi connectivity index (χ4n) is 4.97. The Morgan fingerprint density at radius 2 is 1.86 bits per heavy atom. The van der Waals surface area contributed by atoms with Crippen molar-refractivity contribution in [2.75, 3.05) is 25.6 Å². The van der Waals surface area contributed by atoms with E-state index in [0.29, 0.717) is 66.5 Å². The van der Waals surface area contributed by atoms with Gasteiger partial charge in [-0.05, 0) is 53.3 Å². The van der Waals surface area contributed by atoms with Crippen molar-refractivity contribution in [3.8, 4) is 17.2 Å². The Labute approximate surface area is 212 Å². The Kier molecular flexibility index (Phi) is 5.96. The fraction of sp³-hybridized carbons (Fsp3) is 0.286. The highest BCUT2D eigenvalue weighted by Gasteiger charge is 2.29. The number of anilines is 1. The van der Waals surface area contributed by atoms with E-state index in [9.17, 15) is 9.59 Å². The molecule has 2 aromatic heterocycles. The maximum atomic E-state index is 13.2. The first-order valence-corrected chi connectivity index (χ1v) is 12.3. The number of methoxy groups -OCH3 is 1. The quantitative estimate of drug-likeness (QED) is 0.424. The van der Waals surface area contributed by atoms with E-state index < -0.39 is 0 Å². The molecule has 37 heavy (non-hydrogen) atoms. The van der Waals surface area contributed by atoms with Crippen molar-refractivity contribution >= 4 is 22.8 Å². The molecule has 9 heteroatoms. The summed E-state index contributed by atoms with van der Waals surface area (Å²) in [6.07, 6.45) is 3.31. The first-order valence-electron chi connectivity index (χ1n) is 12.3. The average Bonchev–Trinajstić information content (AvgIpc) is 3.16. The van der Waals surface area contributed by atoms with Crippen LogP contribution in [-0.2, 0) is 13.0 Å². The summed E-state index contributed by atoms with van der Waals surface area (Å²) in [7, 11) is 1.62. The second-order valence-corrected chi connectivity index (χ2v) is 9.25. The van der Waals surface area contributed by atoms with Gasteiger partial charge in [0.15, 0.2) is 22.9 Å². The van der Waals surface area contributed by atoms with Crippen LogP contribution in [0.15, 0.2) is 53.5 Å². The molecule has 0 amide bonds. The van der Waals surface area contributed by atoms with E-state index in [2.05, 4.69) is 20.3 Å². The lowest BCUT2D eigenvalue weighted by molar-refractivity contribution is 0.0964. The molecule has 2 N–H and O–H groups in total. The number of H-pyrrole nitrogens is 1. The molecule has 1 atom stereocenters. The summed E-state index contributed by atoms with van der Waals surface area (Å²) in [4.78, 5) is 37.9. The molecule has 0 bridgehead atoms. The van der Waals surface area contributed by atoms with Crippen molar-refractivity contribution in [3.05, 3.63) is 81.3 Å². The molecular formula is C28H26N4O5. The van der Waals surface area contributed by atoms with Crippen LogP contribution in [-0.4, -0.2) is 41.1 Å².